The quantitative estimate of drug-likeness (QED) is 0.169. The van der Waals surface area contributed by atoms with E-state index >= 15 is 0 Å². The SMILES string of the molecule is CCN(C(=O)[O-])c1cc(NC(c2ccccc2)c2ccccc2)c([N+](=O)[O-])c(NCC(C)=NNC(N)=O)n1. The van der Waals surface area contributed by atoms with E-state index in [-0.39, 0.29) is 30.4 Å². The van der Waals surface area contributed by atoms with Crippen LogP contribution < -0.4 is 31.8 Å². The predicted octanol–water partition coefficient (Wildman–Crippen LogP) is 2.82. The van der Waals surface area contributed by atoms with Gasteiger partial charge in [0.25, 0.3) is 0 Å². The van der Waals surface area contributed by atoms with Crippen molar-refractivity contribution in [1.82, 2.24) is 10.4 Å². The summed E-state index contributed by atoms with van der Waals surface area (Å²) in [5, 5.41) is 33.9. The van der Waals surface area contributed by atoms with Gasteiger partial charge in [-0.2, -0.15) is 5.10 Å². The lowest BCUT2D eigenvalue weighted by atomic mass is 9.98. The lowest BCUT2D eigenvalue weighted by Crippen LogP contribution is -2.41. The number of urea groups is 1. The number of carbonyl (C=O) groups excluding carboxylic acids is 2. The van der Waals surface area contributed by atoms with Crippen molar-refractivity contribution in [3.63, 3.8) is 0 Å². The summed E-state index contributed by atoms with van der Waals surface area (Å²) < 4.78 is 0. The first-order valence-electron chi connectivity index (χ1n) is 11.6. The third-order valence-corrected chi connectivity index (χ3v) is 5.41. The molecular weight excluding hydrogens is 492 g/mol. The monoisotopic (exact) mass is 519 g/mol. The van der Waals surface area contributed by atoms with Gasteiger partial charge in [0.2, 0.25) is 5.82 Å². The molecule has 198 valence electrons. The van der Waals surface area contributed by atoms with E-state index in [1.807, 2.05) is 60.7 Å². The number of carboxylic acid groups (broad SMARTS) is 1. The topological polar surface area (TPSA) is 191 Å². The lowest BCUT2D eigenvalue weighted by Gasteiger charge is -2.26. The highest BCUT2D eigenvalue weighted by Gasteiger charge is 2.27. The Bertz CT molecular complexity index is 1280. The van der Waals surface area contributed by atoms with E-state index in [1.54, 1.807) is 13.8 Å². The van der Waals surface area contributed by atoms with Crippen molar-refractivity contribution in [2.75, 3.05) is 28.6 Å². The minimum absolute atomic E-state index is 0.00413. The van der Waals surface area contributed by atoms with Crippen LogP contribution in [0.25, 0.3) is 0 Å². The van der Waals surface area contributed by atoms with Gasteiger partial charge in [0, 0.05) is 12.6 Å². The number of benzene rings is 2. The molecule has 0 radical (unpaired) electrons. The number of hydrogen-bond donors (Lipinski definition) is 4. The van der Waals surface area contributed by atoms with E-state index in [0.29, 0.717) is 5.71 Å². The van der Waals surface area contributed by atoms with Crippen molar-refractivity contribution < 1.29 is 19.6 Å². The summed E-state index contributed by atoms with van der Waals surface area (Å²) in [6.07, 6.45) is -1.52. The lowest BCUT2D eigenvalue weighted by molar-refractivity contribution is -0.383. The average Bonchev–Trinajstić information content (AvgIpc) is 2.90. The first-order chi connectivity index (χ1) is 18.2. The van der Waals surface area contributed by atoms with Crippen LogP contribution in [0.15, 0.2) is 71.8 Å². The maximum atomic E-state index is 12.3. The van der Waals surface area contributed by atoms with Gasteiger partial charge in [-0.05, 0) is 25.0 Å². The first kappa shape index (κ1) is 27.4. The summed E-state index contributed by atoms with van der Waals surface area (Å²) in [5.74, 6) is -0.281. The molecule has 2 aromatic carbocycles. The Hall–Kier alpha value is -5.20. The molecule has 0 fully saturated rings. The van der Waals surface area contributed by atoms with Crippen LogP contribution in [0.5, 0.6) is 0 Å². The number of amides is 3. The molecule has 1 aromatic heterocycles. The molecule has 13 heteroatoms. The standard InChI is InChI=1S/C25H28N8O5/c1-3-32(25(35)36)20-14-19(22(33(37)38)23(29-20)27-15-16(2)30-31-24(26)34)28-21(17-10-6-4-7-11-17)18-12-8-5-9-13-18/h4-14,21H,3,15H2,1-2H3,(H,35,36)(H3,26,31,34)(H2,27,28,29)/p-1. The summed E-state index contributed by atoms with van der Waals surface area (Å²) in [7, 11) is 0. The van der Waals surface area contributed by atoms with E-state index in [0.717, 1.165) is 16.0 Å². The number of pyridine rings is 1. The van der Waals surface area contributed by atoms with Gasteiger partial charge in [0.05, 0.1) is 23.2 Å². The smallest absolute Gasteiger partial charge is 0.334 e. The molecule has 0 aliphatic heterocycles. The number of carbonyl (C=O) groups is 2. The highest BCUT2D eigenvalue weighted by atomic mass is 16.6. The maximum Gasteiger partial charge on any atom is 0.334 e. The zero-order valence-electron chi connectivity index (χ0n) is 20.7. The van der Waals surface area contributed by atoms with E-state index < -0.39 is 28.8 Å². The fraction of sp³-hybridized carbons (Fsp3) is 0.200. The number of aromatic nitrogens is 1. The minimum atomic E-state index is -1.52. The van der Waals surface area contributed by atoms with Crippen molar-refractivity contribution >= 4 is 40.8 Å². The number of nitrogens with one attached hydrogen (secondary N) is 3. The average molecular weight is 520 g/mol. The molecule has 13 nitrogen and oxygen atoms in total. The van der Waals surface area contributed by atoms with Crippen LogP contribution >= 0.6 is 0 Å². The van der Waals surface area contributed by atoms with Crippen LogP contribution in [-0.4, -0.2) is 40.8 Å². The Morgan fingerprint density at radius 2 is 1.68 bits per heavy atom. The Morgan fingerprint density at radius 3 is 2.16 bits per heavy atom. The van der Waals surface area contributed by atoms with Crippen LogP contribution in [0.1, 0.15) is 31.0 Å². The Morgan fingerprint density at radius 1 is 1.11 bits per heavy atom. The Labute approximate surface area is 218 Å². The number of nitrogens with zero attached hydrogens (tertiary/aromatic N) is 4. The van der Waals surface area contributed by atoms with E-state index in [9.17, 15) is 24.8 Å². The third-order valence-electron chi connectivity index (χ3n) is 5.41. The number of anilines is 3. The van der Waals surface area contributed by atoms with E-state index in [2.05, 4.69) is 26.1 Å². The normalized spacial score (nSPS) is 11.1. The molecule has 3 rings (SSSR count). The third kappa shape index (κ3) is 6.94. The van der Waals surface area contributed by atoms with Gasteiger partial charge in [0.1, 0.15) is 17.6 Å². The summed E-state index contributed by atoms with van der Waals surface area (Å²) in [6.45, 7) is 3.07. The number of hydrazone groups is 1. The van der Waals surface area contributed by atoms with Gasteiger partial charge in [0.15, 0.2) is 0 Å². The fourth-order valence-electron chi connectivity index (χ4n) is 3.67. The molecule has 0 spiro atoms. The summed E-state index contributed by atoms with van der Waals surface area (Å²) >= 11 is 0. The van der Waals surface area contributed by atoms with Crippen molar-refractivity contribution in [2.24, 2.45) is 10.8 Å². The van der Waals surface area contributed by atoms with Crippen LogP contribution in [0, 0.1) is 10.1 Å². The molecule has 1 heterocycles. The molecule has 3 aromatic rings. The fourth-order valence-corrected chi connectivity index (χ4v) is 3.67. The molecule has 0 unspecified atom stereocenters. The van der Waals surface area contributed by atoms with Crippen molar-refractivity contribution in [3.05, 3.63) is 88.0 Å². The Kier molecular flexibility index (Phi) is 9.13. The van der Waals surface area contributed by atoms with Gasteiger partial charge in [-0.25, -0.2) is 15.2 Å². The highest BCUT2D eigenvalue weighted by molar-refractivity contribution is 5.90. The maximum absolute atomic E-state index is 12.3. The molecule has 0 bridgehead atoms. The van der Waals surface area contributed by atoms with Crippen LogP contribution in [0.2, 0.25) is 0 Å². The second-order valence-electron chi connectivity index (χ2n) is 8.07. The molecule has 0 aliphatic carbocycles. The predicted molar refractivity (Wildman–Crippen MR) is 142 cm³/mol. The van der Waals surface area contributed by atoms with Crippen LogP contribution in [0.4, 0.5) is 32.6 Å². The summed E-state index contributed by atoms with van der Waals surface area (Å²) in [5.41, 5.74) is 8.70. The molecule has 5 N–H and O–H groups in total. The largest absolute Gasteiger partial charge is 0.530 e. The number of hydrogen-bond acceptors (Lipinski definition) is 9. The van der Waals surface area contributed by atoms with Crippen molar-refractivity contribution in [3.8, 4) is 0 Å². The number of nitro groups is 1. The van der Waals surface area contributed by atoms with Gasteiger partial charge >= 0.3 is 11.7 Å². The molecule has 38 heavy (non-hydrogen) atoms. The molecule has 3 amide bonds. The first-order valence-corrected chi connectivity index (χ1v) is 11.6. The number of nitrogens with two attached hydrogens (primary N) is 1. The van der Waals surface area contributed by atoms with E-state index in [4.69, 9.17) is 5.73 Å². The van der Waals surface area contributed by atoms with Crippen molar-refractivity contribution in [2.45, 2.75) is 19.9 Å². The second-order valence-corrected chi connectivity index (χ2v) is 8.07. The molecule has 0 saturated heterocycles. The molecular formula is C25H27N8O5-. The van der Waals surface area contributed by atoms with E-state index in [1.165, 1.54) is 6.07 Å². The molecule has 0 saturated carbocycles. The zero-order chi connectivity index (χ0) is 27.7. The Balaban J connectivity index is 2.14. The summed E-state index contributed by atoms with van der Waals surface area (Å²) in [4.78, 5) is 39.4. The second kappa shape index (κ2) is 12.7. The van der Waals surface area contributed by atoms with Gasteiger partial charge in [-0.3, -0.25) is 10.1 Å². The highest BCUT2D eigenvalue weighted by Crippen LogP contribution is 2.38. The molecule has 0 atom stereocenters. The summed E-state index contributed by atoms with van der Waals surface area (Å²) in [6, 6.07) is 18.5. The van der Waals surface area contributed by atoms with Gasteiger partial charge in [-0.1, -0.05) is 60.7 Å². The van der Waals surface area contributed by atoms with Gasteiger partial charge < -0.3 is 31.2 Å². The van der Waals surface area contributed by atoms with Crippen LogP contribution in [-0.2, 0) is 0 Å². The van der Waals surface area contributed by atoms with Gasteiger partial charge in [-0.15, -0.1) is 0 Å². The molecule has 0 aliphatic rings. The van der Waals surface area contributed by atoms with Crippen molar-refractivity contribution in [1.29, 1.82) is 0 Å². The zero-order valence-corrected chi connectivity index (χ0v) is 20.7. The van der Waals surface area contributed by atoms with Crippen LogP contribution in [0.3, 0.4) is 0 Å². The minimum Gasteiger partial charge on any atom is -0.530 e. The number of primary amides is 1. The number of rotatable bonds is 11.